The van der Waals surface area contributed by atoms with Crippen molar-refractivity contribution in [2.24, 2.45) is 0 Å². The number of carbonyl (C=O) groups excluding carboxylic acids is 1. The van der Waals surface area contributed by atoms with E-state index in [4.69, 9.17) is 9.47 Å². The summed E-state index contributed by atoms with van der Waals surface area (Å²) in [6.45, 7) is 7.71. The maximum Gasteiger partial charge on any atom is 0.407 e. The number of hydrogen-bond acceptors (Lipinski definition) is 4. The molecule has 0 spiro atoms. The number of rotatable bonds is 7. The highest BCUT2D eigenvalue weighted by molar-refractivity contribution is 7.99. The molecule has 1 aromatic carbocycles. The molecule has 0 aliphatic rings. The molecule has 5 heteroatoms. The lowest BCUT2D eigenvalue weighted by Crippen LogP contribution is -2.41. The Hall–Kier alpha value is -1.36. The molecule has 1 rings (SSSR count). The van der Waals surface area contributed by atoms with Crippen LogP contribution in [-0.4, -0.2) is 36.4 Å². The van der Waals surface area contributed by atoms with Gasteiger partial charge in [-0.2, -0.15) is 11.8 Å². The van der Waals surface area contributed by atoms with E-state index in [1.807, 2.05) is 56.8 Å². The SMILES string of the molecule is CCSC[C@H](Cc1ccc(OC)cc1)NC(=O)OC(C)(C)C. The average Bonchev–Trinajstić information content (AvgIpc) is 2.43. The molecular formula is C17H27NO3S. The van der Waals surface area contributed by atoms with E-state index in [1.165, 1.54) is 5.56 Å². The van der Waals surface area contributed by atoms with Gasteiger partial charge in [-0.1, -0.05) is 19.1 Å². The van der Waals surface area contributed by atoms with E-state index in [0.29, 0.717) is 0 Å². The Morgan fingerprint density at radius 1 is 1.27 bits per heavy atom. The van der Waals surface area contributed by atoms with Gasteiger partial charge in [-0.05, 0) is 50.6 Å². The quantitative estimate of drug-likeness (QED) is 0.826. The Labute approximate surface area is 138 Å². The first kappa shape index (κ1) is 18.7. The maximum absolute atomic E-state index is 12.0. The predicted molar refractivity (Wildman–Crippen MR) is 92.9 cm³/mol. The van der Waals surface area contributed by atoms with Crippen molar-refractivity contribution in [3.05, 3.63) is 29.8 Å². The number of amides is 1. The number of carbonyl (C=O) groups is 1. The zero-order valence-corrected chi connectivity index (χ0v) is 15.0. The molecule has 1 aromatic rings. The fraction of sp³-hybridized carbons (Fsp3) is 0.588. The van der Waals surface area contributed by atoms with Gasteiger partial charge in [0.15, 0.2) is 0 Å². The summed E-state index contributed by atoms with van der Waals surface area (Å²) >= 11 is 1.81. The summed E-state index contributed by atoms with van der Waals surface area (Å²) in [6, 6.07) is 7.98. The van der Waals surface area contributed by atoms with Gasteiger partial charge in [-0.15, -0.1) is 0 Å². The predicted octanol–water partition coefficient (Wildman–Crippen LogP) is 3.88. The van der Waals surface area contributed by atoms with Gasteiger partial charge in [-0.3, -0.25) is 0 Å². The summed E-state index contributed by atoms with van der Waals surface area (Å²) in [6.07, 6.45) is 0.415. The first-order valence-electron chi connectivity index (χ1n) is 7.54. The van der Waals surface area contributed by atoms with Crippen LogP contribution in [0.1, 0.15) is 33.3 Å². The number of ether oxygens (including phenoxy) is 2. The Kier molecular flexibility index (Phi) is 7.59. The lowest BCUT2D eigenvalue weighted by atomic mass is 10.1. The summed E-state index contributed by atoms with van der Waals surface area (Å²) in [5.41, 5.74) is 0.686. The van der Waals surface area contributed by atoms with Gasteiger partial charge in [0.1, 0.15) is 11.4 Å². The van der Waals surface area contributed by atoms with Crippen LogP contribution in [0.2, 0.25) is 0 Å². The molecule has 1 amide bonds. The summed E-state index contributed by atoms with van der Waals surface area (Å²) in [4.78, 5) is 12.0. The van der Waals surface area contributed by atoms with Crippen LogP contribution < -0.4 is 10.1 Å². The number of hydrogen-bond donors (Lipinski definition) is 1. The van der Waals surface area contributed by atoms with Crippen molar-refractivity contribution >= 4 is 17.9 Å². The highest BCUT2D eigenvalue weighted by Gasteiger charge is 2.19. The van der Waals surface area contributed by atoms with E-state index in [-0.39, 0.29) is 12.1 Å². The second-order valence-corrected chi connectivity index (χ2v) is 7.37. The Bertz CT molecular complexity index is 454. The summed E-state index contributed by atoms with van der Waals surface area (Å²) in [5.74, 6) is 2.72. The molecular weight excluding hydrogens is 298 g/mol. The third-order valence-corrected chi connectivity index (χ3v) is 3.93. The molecule has 4 nitrogen and oxygen atoms in total. The minimum atomic E-state index is -0.480. The second kappa shape index (κ2) is 8.93. The fourth-order valence-corrected chi connectivity index (χ4v) is 2.65. The lowest BCUT2D eigenvalue weighted by Gasteiger charge is -2.23. The summed E-state index contributed by atoms with van der Waals surface area (Å²) in [7, 11) is 1.65. The molecule has 0 heterocycles. The van der Waals surface area contributed by atoms with Crippen LogP contribution in [0.15, 0.2) is 24.3 Å². The molecule has 0 fully saturated rings. The van der Waals surface area contributed by atoms with Crippen LogP contribution in [0, 0.1) is 0 Å². The number of methoxy groups -OCH3 is 1. The van der Waals surface area contributed by atoms with Gasteiger partial charge >= 0.3 is 6.09 Å². The third-order valence-electron chi connectivity index (χ3n) is 2.89. The van der Waals surface area contributed by atoms with Crippen molar-refractivity contribution in [1.82, 2.24) is 5.32 Å². The highest BCUT2D eigenvalue weighted by atomic mass is 32.2. The molecule has 0 aliphatic heterocycles. The second-order valence-electron chi connectivity index (χ2n) is 6.05. The first-order chi connectivity index (χ1) is 10.3. The average molecular weight is 325 g/mol. The van der Waals surface area contributed by atoms with Crippen LogP contribution in [0.4, 0.5) is 4.79 Å². The van der Waals surface area contributed by atoms with Crippen molar-refractivity contribution in [1.29, 1.82) is 0 Å². The van der Waals surface area contributed by atoms with E-state index in [9.17, 15) is 4.79 Å². The molecule has 0 unspecified atom stereocenters. The third kappa shape index (κ3) is 7.59. The molecule has 22 heavy (non-hydrogen) atoms. The van der Waals surface area contributed by atoms with Crippen molar-refractivity contribution in [3.63, 3.8) is 0 Å². The molecule has 0 radical (unpaired) electrons. The van der Waals surface area contributed by atoms with Crippen molar-refractivity contribution in [2.45, 2.75) is 45.8 Å². The first-order valence-corrected chi connectivity index (χ1v) is 8.69. The number of nitrogens with one attached hydrogen (secondary N) is 1. The van der Waals surface area contributed by atoms with Gasteiger partial charge in [0, 0.05) is 11.8 Å². The maximum atomic E-state index is 12.0. The van der Waals surface area contributed by atoms with Crippen LogP contribution in [0.5, 0.6) is 5.75 Å². The molecule has 1 atom stereocenters. The standard InChI is InChI=1S/C17H27NO3S/c1-6-22-12-14(18-16(19)21-17(2,3)4)11-13-7-9-15(20-5)10-8-13/h7-10,14H,6,11-12H2,1-5H3,(H,18,19)/t14-/m0/s1. The number of alkyl carbamates (subject to hydrolysis) is 1. The summed E-state index contributed by atoms with van der Waals surface area (Å²) in [5, 5.41) is 2.97. The van der Waals surface area contributed by atoms with Gasteiger partial charge in [-0.25, -0.2) is 4.79 Å². The normalized spacial score (nSPS) is 12.6. The van der Waals surface area contributed by atoms with Crippen LogP contribution in [0.3, 0.4) is 0 Å². The van der Waals surface area contributed by atoms with E-state index in [1.54, 1.807) is 7.11 Å². The van der Waals surface area contributed by atoms with Crippen molar-refractivity contribution < 1.29 is 14.3 Å². The highest BCUT2D eigenvalue weighted by Crippen LogP contribution is 2.15. The van der Waals surface area contributed by atoms with Gasteiger partial charge in [0.05, 0.1) is 7.11 Å². The largest absolute Gasteiger partial charge is 0.497 e. The molecule has 0 aliphatic carbocycles. The van der Waals surface area contributed by atoms with Gasteiger partial charge < -0.3 is 14.8 Å². The fourth-order valence-electron chi connectivity index (χ4n) is 1.93. The van der Waals surface area contributed by atoms with E-state index < -0.39 is 5.60 Å². The minimum Gasteiger partial charge on any atom is -0.497 e. The summed E-state index contributed by atoms with van der Waals surface area (Å²) < 4.78 is 10.5. The molecule has 0 bridgehead atoms. The van der Waals surface area contributed by atoms with E-state index >= 15 is 0 Å². The molecule has 0 aromatic heterocycles. The lowest BCUT2D eigenvalue weighted by molar-refractivity contribution is 0.0509. The zero-order valence-electron chi connectivity index (χ0n) is 14.1. The zero-order chi connectivity index (χ0) is 16.6. The van der Waals surface area contributed by atoms with Crippen molar-refractivity contribution in [2.75, 3.05) is 18.6 Å². The smallest absolute Gasteiger partial charge is 0.407 e. The Morgan fingerprint density at radius 2 is 1.91 bits per heavy atom. The van der Waals surface area contributed by atoms with Crippen LogP contribution in [0.25, 0.3) is 0 Å². The topological polar surface area (TPSA) is 47.6 Å². The van der Waals surface area contributed by atoms with E-state index in [2.05, 4.69) is 12.2 Å². The van der Waals surface area contributed by atoms with Gasteiger partial charge in [0.2, 0.25) is 0 Å². The monoisotopic (exact) mass is 325 g/mol. The Morgan fingerprint density at radius 3 is 2.41 bits per heavy atom. The van der Waals surface area contributed by atoms with Crippen LogP contribution >= 0.6 is 11.8 Å². The van der Waals surface area contributed by atoms with Crippen LogP contribution in [-0.2, 0) is 11.2 Å². The minimum absolute atomic E-state index is 0.0493. The number of benzene rings is 1. The van der Waals surface area contributed by atoms with E-state index in [0.717, 1.165) is 23.7 Å². The molecule has 1 N–H and O–H groups in total. The molecule has 0 saturated heterocycles. The van der Waals surface area contributed by atoms with Gasteiger partial charge in [0.25, 0.3) is 0 Å². The van der Waals surface area contributed by atoms with Crippen molar-refractivity contribution in [3.8, 4) is 5.75 Å². The molecule has 0 saturated carbocycles. The number of thioether (sulfide) groups is 1. The molecule has 124 valence electrons. The Balaban J connectivity index is 2.64.